The molecule has 0 unspecified atom stereocenters. The van der Waals surface area contributed by atoms with E-state index in [1.807, 2.05) is 6.07 Å². The van der Waals surface area contributed by atoms with Crippen molar-refractivity contribution in [2.24, 2.45) is 0 Å². The summed E-state index contributed by atoms with van der Waals surface area (Å²) in [4.78, 5) is 8.02. The van der Waals surface area contributed by atoms with Gasteiger partial charge in [-0.15, -0.1) is 0 Å². The van der Waals surface area contributed by atoms with Gasteiger partial charge in [-0.2, -0.15) is 0 Å². The molecule has 0 atom stereocenters. The quantitative estimate of drug-likeness (QED) is 0.893. The monoisotopic (exact) mass is 298 g/mol. The fourth-order valence-corrected chi connectivity index (χ4v) is 1.95. The molecule has 2 rings (SSSR count). The van der Waals surface area contributed by atoms with Crippen molar-refractivity contribution in [1.29, 1.82) is 0 Å². The number of aromatic nitrogens is 2. The Bertz CT molecular complexity index is 518. The number of hydrogen-bond acceptors (Lipinski definition) is 4. The number of halogens is 2. The molecule has 1 aromatic carbocycles. The molecule has 0 aliphatic carbocycles. The predicted molar refractivity (Wildman–Crippen MR) is 68.9 cm³/mol. The molecule has 82 valence electrons. The average Bonchev–Trinajstić information content (AvgIpc) is 2.25. The molecule has 2 aromatic rings. The Kier molecular flexibility index (Phi) is 3.26. The summed E-state index contributed by atoms with van der Waals surface area (Å²) in [6, 6.07) is 5.40. The highest BCUT2D eigenvalue weighted by molar-refractivity contribution is 9.10. The first-order valence-corrected chi connectivity index (χ1v) is 5.62. The lowest BCUT2D eigenvalue weighted by Crippen LogP contribution is -2.01. The lowest BCUT2D eigenvalue weighted by molar-refractivity contribution is 1.21. The maximum atomic E-state index is 5.84. The number of nitrogens with two attached hydrogens (primary N) is 1. The highest BCUT2D eigenvalue weighted by Gasteiger charge is 2.04. The van der Waals surface area contributed by atoms with Crippen LogP contribution in [0.25, 0.3) is 0 Å². The van der Waals surface area contributed by atoms with Crippen LogP contribution in [0.1, 0.15) is 0 Å². The maximum absolute atomic E-state index is 5.84. The van der Waals surface area contributed by atoms with Crippen LogP contribution < -0.4 is 11.1 Å². The van der Waals surface area contributed by atoms with Crippen LogP contribution in [0, 0.1) is 0 Å². The van der Waals surface area contributed by atoms with E-state index >= 15 is 0 Å². The number of hydrogen-bond donors (Lipinski definition) is 2. The molecule has 4 nitrogen and oxygen atoms in total. The standard InChI is InChI=1S/C10H8BrClN4/c11-7-5-6(12)1-2-8(7)16-10-9(13)14-3-4-15-10/h1-5H,(H2,13,14)(H,15,16). The van der Waals surface area contributed by atoms with Crippen molar-refractivity contribution in [2.45, 2.75) is 0 Å². The van der Waals surface area contributed by atoms with Gasteiger partial charge in [-0.1, -0.05) is 11.6 Å². The summed E-state index contributed by atoms with van der Waals surface area (Å²) in [5, 5.41) is 3.72. The average molecular weight is 300 g/mol. The molecule has 6 heteroatoms. The van der Waals surface area contributed by atoms with Crippen LogP contribution in [0.5, 0.6) is 0 Å². The van der Waals surface area contributed by atoms with E-state index in [9.17, 15) is 0 Å². The van der Waals surface area contributed by atoms with Gasteiger partial charge >= 0.3 is 0 Å². The second-order valence-electron chi connectivity index (χ2n) is 3.04. The molecule has 0 fully saturated rings. The van der Waals surface area contributed by atoms with Gasteiger partial charge in [0, 0.05) is 21.9 Å². The first-order valence-electron chi connectivity index (χ1n) is 4.45. The molecule has 1 heterocycles. The lowest BCUT2D eigenvalue weighted by Gasteiger charge is -2.08. The summed E-state index contributed by atoms with van der Waals surface area (Å²) < 4.78 is 0.838. The first-order chi connectivity index (χ1) is 7.66. The molecule has 0 spiro atoms. The summed E-state index contributed by atoms with van der Waals surface area (Å²) >= 11 is 9.23. The van der Waals surface area contributed by atoms with Gasteiger partial charge in [0.2, 0.25) is 0 Å². The molecule has 0 saturated carbocycles. The van der Waals surface area contributed by atoms with E-state index in [1.54, 1.807) is 18.3 Å². The molecule has 0 saturated heterocycles. The molecule has 16 heavy (non-hydrogen) atoms. The minimum atomic E-state index is 0.351. The molecule has 3 N–H and O–H groups in total. The Balaban J connectivity index is 2.31. The van der Waals surface area contributed by atoms with Crippen LogP contribution in [0.15, 0.2) is 35.1 Å². The van der Waals surface area contributed by atoms with Gasteiger partial charge in [0.25, 0.3) is 0 Å². The summed E-state index contributed by atoms with van der Waals surface area (Å²) in [6.07, 6.45) is 3.11. The van der Waals surface area contributed by atoms with E-state index in [2.05, 4.69) is 31.2 Å². The molecule has 0 radical (unpaired) electrons. The highest BCUT2D eigenvalue weighted by Crippen LogP contribution is 2.28. The van der Waals surface area contributed by atoms with E-state index in [-0.39, 0.29) is 0 Å². The minimum Gasteiger partial charge on any atom is -0.381 e. The number of nitrogens with zero attached hydrogens (tertiary/aromatic N) is 2. The Morgan fingerprint density at radius 2 is 2.00 bits per heavy atom. The normalized spacial score (nSPS) is 10.1. The van der Waals surface area contributed by atoms with E-state index in [0.29, 0.717) is 16.7 Å². The van der Waals surface area contributed by atoms with Crippen LogP contribution >= 0.6 is 27.5 Å². The van der Waals surface area contributed by atoms with Crippen molar-refractivity contribution in [3.05, 3.63) is 40.1 Å². The summed E-state index contributed by atoms with van der Waals surface area (Å²) in [5.41, 5.74) is 6.50. The maximum Gasteiger partial charge on any atom is 0.173 e. The number of benzene rings is 1. The van der Waals surface area contributed by atoms with Gasteiger partial charge in [0.1, 0.15) is 0 Å². The fourth-order valence-electron chi connectivity index (χ4n) is 1.16. The Morgan fingerprint density at radius 3 is 2.69 bits per heavy atom. The molecule has 0 amide bonds. The van der Waals surface area contributed by atoms with Crippen molar-refractivity contribution in [2.75, 3.05) is 11.1 Å². The van der Waals surface area contributed by atoms with E-state index < -0.39 is 0 Å². The van der Waals surface area contributed by atoms with Crippen LogP contribution in [-0.2, 0) is 0 Å². The van der Waals surface area contributed by atoms with Gasteiger partial charge in [-0.25, -0.2) is 9.97 Å². The minimum absolute atomic E-state index is 0.351. The molecular weight excluding hydrogens is 291 g/mol. The summed E-state index contributed by atoms with van der Waals surface area (Å²) in [6.45, 7) is 0. The van der Waals surface area contributed by atoms with Crippen LogP contribution in [0.2, 0.25) is 5.02 Å². The molecule has 1 aromatic heterocycles. The second kappa shape index (κ2) is 4.67. The Labute approximate surface area is 106 Å². The van der Waals surface area contributed by atoms with Crippen LogP contribution in [0.4, 0.5) is 17.3 Å². The van der Waals surface area contributed by atoms with Crippen molar-refractivity contribution < 1.29 is 0 Å². The van der Waals surface area contributed by atoms with E-state index in [4.69, 9.17) is 17.3 Å². The van der Waals surface area contributed by atoms with Crippen molar-refractivity contribution >= 4 is 44.9 Å². The highest BCUT2D eigenvalue weighted by atomic mass is 79.9. The van der Waals surface area contributed by atoms with Gasteiger partial charge < -0.3 is 11.1 Å². The fraction of sp³-hybridized carbons (Fsp3) is 0. The van der Waals surface area contributed by atoms with Crippen molar-refractivity contribution in [3.63, 3.8) is 0 Å². The Hall–Kier alpha value is -1.33. The number of nitrogen functional groups attached to an aromatic ring is 1. The number of anilines is 3. The number of rotatable bonds is 2. The van der Waals surface area contributed by atoms with Gasteiger partial charge in [-0.3, -0.25) is 0 Å². The zero-order valence-corrected chi connectivity index (χ0v) is 10.5. The first kappa shape index (κ1) is 11.2. The topological polar surface area (TPSA) is 63.8 Å². The third-order valence-electron chi connectivity index (χ3n) is 1.91. The van der Waals surface area contributed by atoms with Gasteiger partial charge in [-0.05, 0) is 34.1 Å². The summed E-state index contributed by atoms with van der Waals surface area (Å²) in [7, 11) is 0. The summed E-state index contributed by atoms with van der Waals surface area (Å²) in [5.74, 6) is 0.870. The Morgan fingerprint density at radius 1 is 1.25 bits per heavy atom. The van der Waals surface area contributed by atoms with Gasteiger partial charge in [0.15, 0.2) is 11.6 Å². The van der Waals surface area contributed by atoms with Crippen LogP contribution in [0.3, 0.4) is 0 Å². The zero-order valence-electron chi connectivity index (χ0n) is 8.11. The predicted octanol–water partition coefficient (Wildman–Crippen LogP) is 3.22. The molecular formula is C10H8BrClN4. The number of nitrogens with one attached hydrogen (secondary N) is 1. The molecule has 0 bridgehead atoms. The SMILES string of the molecule is Nc1nccnc1Nc1ccc(Cl)cc1Br. The molecule has 0 aliphatic rings. The third kappa shape index (κ3) is 2.43. The second-order valence-corrected chi connectivity index (χ2v) is 4.33. The molecule has 0 aliphatic heterocycles. The third-order valence-corrected chi connectivity index (χ3v) is 2.80. The van der Waals surface area contributed by atoms with Crippen molar-refractivity contribution in [1.82, 2.24) is 9.97 Å². The van der Waals surface area contributed by atoms with Gasteiger partial charge in [0.05, 0.1) is 5.69 Å². The lowest BCUT2D eigenvalue weighted by atomic mass is 10.3. The van der Waals surface area contributed by atoms with Crippen LogP contribution in [-0.4, -0.2) is 9.97 Å². The van der Waals surface area contributed by atoms with Crippen molar-refractivity contribution in [3.8, 4) is 0 Å². The van der Waals surface area contributed by atoms with E-state index in [1.165, 1.54) is 6.20 Å². The largest absolute Gasteiger partial charge is 0.381 e. The smallest absolute Gasteiger partial charge is 0.173 e. The van der Waals surface area contributed by atoms with E-state index in [0.717, 1.165) is 10.2 Å². The zero-order chi connectivity index (χ0) is 11.5.